The molecule has 0 radical (unpaired) electrons. The van der Waals surface area contributed by atoms with Crippen LogP contribution in [-0.2, 0) is 4.79 Å². The van der Waals surface area contributed by atoms with E-state index in [9.17, 15) is 9.59 Å². The molecule has 134 valence electrons. The molecule has 2 aliphatic heterocycles. The number of fused-ring (bicyclic) bond motifs is 1. The molecule has 9 heteroatoms. The fraction of sp³-hybridized carbons (Fsp3) is 0.294. The maximum absolute atomic E-state index is 12.5. The second kappa shape index (κ2) is 6.87. The number of nitrogens with zero attached hydrogens (tertiary/aromatic N) is 4. The highest BCUT2D eigenvalue weighted by molar-refractivity contribution is 5.92. The van der Waals surface area contributed by atoms with Crippen LogP contribution < -0.4 is 14.8 Å². The summed E-state index contributed by atoms with van der Waals surface area (Å²) in [6.07, 6.45) is 0.804. The van der Waals surface area contributed by atoms with Crippen LogP contribution in [0.1, 0.15) is 10.5 Å². The van der Waals surface area contributed by atoms with E-state index in [0.29, 0.717) is 43.5 Å². The Morgan fingerprint density at radius 3 is 2.58 bits per heavy atom. The summed E-state index contributed by atoms with van der Waals surface area (Å²) in [5.41, 5.74) is 1.06. The molecule has 0 bridgehead atoms. The molecule has 4 rings (SSSR count). The number of piperazine rings is 1. The first kappa shape index (κ1) is 16.1. The number of rotatable bonds is 4. The van der Waals surface area contributed by atoms with Gasteiger partial charge in [-0.1, -0.05) is 0 Å². The van der Waals surface area contributed by atoms with E-state index in [1.807, 2.05) is 18.2 Å². The van der Waals surface area contributed by atoms with Crippen molar-refractivity contribution in [1.82, 2.24) is 20.0 Å². The van der Waals surface area contributed by atoms with E-state index in [0.717, 1.165) is 12.1 Å². The highest BCUT2D eigenvalue weighted by atomic mass is 16.7. The Labute approximate surface area is 149 Å². The molecule has 9 nitrogen and oxygen atoms in total. The zero-order valence-electron chi connectivity index (χ0n) is 13.9. The molecule has 0 unspecified atom stereocenters. The fourth-order valence-electron chi connectivity index (χ4n) is 2.83. The van der Waals surface area contributed by atoms with Gasteiger partial charge in [0.25, 0.3) is 5.91 Å². The third-order valence-corrected chi connectivity index (χ3v) is 4.28. The Kier molecular flexibility index (Phi) is 4.26. The monoisotopic (exact) mass is 355 g/mol. The van der Waals surface area contributed by atoms with Gasteiger partial charge in [-0.25, -0.2) is 0 Å². The average molecular weight is 355 g/mol. The highest BCUT2D eigenvalue weighted by Crippen LogP contribution is 2.34. The number of carbonyl (C=O) groups is 2. The topological polar surface area (TPSA) is 96.9 Å². The van der Waals surface area contributed by atoms with Crippen LogP contribution in [0.5, 0.6) is 11.5 Å². The Bertz CT molecular complexity index is 818. The Morgan fingerprint density at radius 2 is 1.85 bits per heavy atom. The van der Waals surface area contributed by atoms with Crippen LogP contribution in [0, 0.1) is 0 Å². The maximum atomic E-state index is 12.5. The number of aromatic nitrogens is 2. The lowest BCUT2D eigenvalue weighted by molar-refractivity contribution is -0.119. The molecule has 26 heavy (non-hydrogen) atoms. The molecule has 2 aromatic rings. The van der Waals surface area contributed by atoms with Crippen LogP contribution in [0.15, 0.2) is 30.3 Å². The van der Waals surface area contributed by atoms with Crippen LogP contribution in [-0.4, -0.2) is 65.3 Å². The van der Waals surface area contributed by atoms with Crippen molar-refractivity contribution in [3.8, 4) is 11.5 Å². The Balaban J connectivity index is 1.40. The summed E-state index contributed by atoms with van der Waals surface area (Å²) in [6, 6.07) is 8.81. The van der Waals surface area contributed by atoms with Gasteiger partial charge in [-0.2, -0.15) is 0 Å². The predicted molar refractivity (Wildman–Crippen MR) is 91.4 cm³/mol. The van der Waals surface area contributed by atoms with E-state index in [4.69, 9.17) is 9.47 Å². The first-order valence-corrected chi connectivity index (χ1v) is 8.22. The van der Waals surface area contributed by atoms with Crippen molar-refractivity contribution in [2.75, 3.05) is 38.3 Å². The third kappa shape index (κ3) is 3.23. The van der Waals surface area contributed by atoms with Crippen molar-refractivity contribution < 1.29 is 19.1 Å². The molecule has 1 aromatic heterocycles. The van der Waals surface area contributed by atoms with Crippen molar-refractivity contribution in [3.05, 3.63) is 36.0 Å². The molecule has 0 saturated carbocycles. The number of carbonyl (C=O) groups excluding carboxylic acids is 2. The molecule has 3 heterocycles. The van der Waals surface area contributed by atoms with Crippen LogP contribution in [0.4, 0.5) is 11.5 Å². The quantitative estimate of drug-likeness (QED) is 0.813. The van der Waals surface area contributed by atoms with Gasteiger partial charge in [0.1, 0.15) is 0 Å². The average Bonchev–Trinajstić information content (AvgIpc) is 3.16. The van der Waals surface area contributed by atoms with Gasteiger partial charge in [0.05, 0.1) is 0 Å². The van der Waals surface area contributed by atoms with E-state index < -0.39 is 0 Å². The smallest absolute Gasteiger partial charge is 0.274 e. The minimum atomic E-state index is -0.183. The van der Waals surface area contributed by atoms with Gasteiger partial charge in [0.2, 0.25) is 13.2 Å². The molecule has 0 aliphatic carbocycles. The lowest BCUT2D eigenvalue weighted by Gasteiger charge is -2.32. The molecule has 0 atom stereocenters. The number of hydrogen-bond acceptors (Lipinski definition) is 7. The Morgan fingerprint density at radius 1 is 1.04 bits per heavy atom. The van der Waals surface area contributed by atoms with E-state index >= 15 is 0 Å². The predicted octanol–water partition coefficient (Wildman–Crippen LogP) is 0.863. The molecular weight excluding hydrogens is 338 g/mol. The molecular formula is C17H17N5O4. The van der Waals surface area contributed by atoms with E-state index in [-0.39, 0.29) is 18.4 Å². The van der Waals surface area contributed by atoms with Gasteiger partial charge in [0.15, 0.2) is 23.0 Å². The van der Waals surface area contributed by atoms with Gasteiger partial charge in [-0.05, 0) is 24.3 Å². The van der Waals surface area contributed by atoms with Crippen molar-refractivity contribution >= 4 is 23.8 Å². The number of benzene rings is 1. The standard InChI is InChI=1S/C17H17N5O4/c23-10-21-5-7-22(8-6-21)17(24)13-2-4-16(20-19-13)18-12-1-3-14-15(9-12)26-11-25-14/h1-4,9-10H,5-8,11H2,(H,18,20). The first-order chi connectivity index (χ1) is 12.7. The summed E-state index contributed by atoms with van der Waals surface area (Å²) in [6.45, 7) is 2.28. The summed E-state index contributed by atoms with van der Waals surface area (Å²) in [5.74, 6) is 1.71. The number of nitrogens with one attached hydrogen (secondary N) is 1. The summed E-state index contributed by atoms with van der Waals surface area (Å²) in [5, 5.41) is 11.2. The number of ether oxygens (including phenoxy) is 2. The SMILES string of the molecule is O=CN1CCN(C(=O)c2ccc(Nc3ccc4c(c3)OCO4)nn2)CC1. The second-order valence-corrected chi connectivity index (χ2v) is 5.93. The summed E-state index contributed by atoms with van der Waals surface area (Å²) in [7, 11) is 0. The molecule has 0 spiro atoms. The van der Waals surface area contributed by atoms with Crippen LogP contribution in [0.25, 0.3) is 0 Å². The zero-order chi connectivity index (χ0) is 17.9. The molecule has 2 amide bonds. The van der Waals surface area contributed by atoms with Crippen LogP contribution in [0.2, 0.25) is 0 Å². The van der Waals surface area contributed by atoms with Gasteiger partial charge in [0, 0.05) is 37.9 Å². The zero-order valence-corrected chi connectivity index (χ0v) is 13.9. The normalized spacial score (nSPS) is 15.7. The van der Waals surface area contributed by atoms with Gasteiger partial charge >= 0.3 is 0 Å². The van der Waals surface area contributed by atoms with Gasteiger partial charge in [-0.15, -0.1) is 10.2 Å². The molecule has 1 N–H and O–H groups in total. The maximum Gasteiger partial charge on any atom is 0.274 e. The van der Waals surface area contributed by atoms with Crippen molar-refractivity contribution in [2.45, 2.75) is 0 Å². The number of hydrogen-bond donors (Lipinski definition) is 1. The lowest BCUT2D eigenvalue weighted by atomic mass is 10.2. The molecule has 2 aliphatic rings. The van der Waals surface area contributed by atoms with Crippen molar-refractivity contribution in [2.24, 2.45) is 0 Å². The molecule has 1 fully saturated rings. The summed E-state index contributed by atoms with van der Waals surface area (Å²) < 4.78 is 10.6. The second-order valence-electron chi connectivity index (χ2n) is 5.93. The number of amides is 2. The van der Waals surface area contributed by atoms with Crippen molar-refractivity contribution in [1.29, 1.82) is 0 Å². The molecule has 1 saturated heterocycles. The molecule has 1 aromatic carbocycles. The number of anilines is 2. The summed E-state index contributed by atoms with van der Waals surface area (Å²) >= 11 is 0. The minimum Gasteiger partial charge on any atom is -0.454 e. The van der Waals surface area contributed by atoms with Crippen LogP contribution >= 0.6 is 0 Å². The third-order valence-electron chi connectivity index (χ3n) is 4.28. The van der Waals surface area contributed by atoms with E-state index in [1.54, 1.807) is 21.9 Å². The Hall–Kier alpha value is -3.36. The fourth-order valence-corrected chi connectivity index (χ4v) is 2.83. The highest BCUT2D eigenvalue weighted by Gasteiger charge is 2.22. The largest absolute Gasteiger partial charge is 0.454 e. The lowest BCUT2D eigenvalue weighted by Crippen LogP contribution is -2.48. The van der Waals surface area contributed by atoms with Gasteiger partial charge in [-0.3, -0.25) is 9.59 Å². The van der Waals surface area contributed by atoms with E-state index in [2.05, 4.69) is 15.5 Å². The first-order valence-electron chi connectivity index (χ1n) is 8.22. The van der Waals surface area contributed by atoms with E-state index in [1.165, 1.54) is 0 Å². The van der Waals surface area contributed by atoms with Crippen molar-refractivity contribution in [3.63, 3.8) is 0 Å². The van der Waals surface area contributed by atoms with Gasteiger partial charge < -0.3 is 24.6 Å². The van der Waals surface area contributed by atoms with Crippen LogP contribution in [0.3, 0.4) is 0 Å². The summed E-state index contributed by atoms with van der Waals surface area (Å²) in [4.78, 5) is 26.5. The minimum absolute atomic E-state index is 0.183.